The van der Waals surface area contributed by atoms with Gasteiger partial charge in [0.15, 0.2) is 0 Å². The lowest BCUT2D eigenvalue weighted by Crippen LogP contribution is -2.31. The monoisotopic (exact) mass is 325 g/mol. The third-order valence-electron chi connectivity index (χ3n) is 3.71. The molecular weight excluding hydrogens is 302 g/mol. The zero-order chi connectivity index (χ0) is 17.5. The Kier molecular flexibility index (Phi) is 5.95. The van der Waals surface area contributed by atoms with Gasteiger partial charge in [-0.15, -0.1) is 0 Å². The first kappa shape index (κ1) is 17.5. The maximum atomic E-state index is 12.1. The summed E-state index contributed by atoms with van der Waals surface area (Å²) >= 11 is 0. The summed E-state index contributed by atoms with van der Waals surface area (Å²) in [4.78, 5) is 25.3. The molecule has 126 valence electrons. The average Bonchev–Trinajstić information content (AvgIpc) is 2.57. The number of anilines is 1. The number of nitrogens with one attached hydrogen (secondary N) is 2. The van der Waals surface area contributed by atoms with E-state index < -0.39 is 0 Å². The predicted molar refractivity (Wildman–Crippen MR) is 95.9 cm³/mol. The first-order chi connectivity index (χ1) is 11.5. The van der Waals surface area contributed by atoms with Crippen LogP contribution in [-0.2, 0) is 11.2 Å². The fraction of sp³-hybridized carbons (Fsp3) is 0.263. The van der Waals surface area contributed by atoms with E-state index in [0.717, 1.165) is 11.1 Å². The molecule has 0 fully saturated rings. The number of carbonyl (C=O) groups excluding carboxylic acids is 2. The summed E-state index contributed by atoms with van der Waals surface area (Å²) in [6.45, 7) is 1.94. The number of rotatable bonds is 5. The lowest BCUT2D eigenvalue weighted by Gasteiger charge is -2.15. The van der Waals surface area contributed by atoms with Gasteiger partial charge in [-0.25, -0.2) is 4.79 Å². The van der Waals surface area contributed by atoms with Crippen molar-refractivity contribution in [1.82, 2.24) is 10.2 Å². The Morgan fingerprint density at radius 3 is 2.21 bits per heavy atom. The van der Waals surface area contributed by atoms with Crippen LogP contribution in [0, 0.1) is 0 Å². The third kappa shape index (κ3) is 5.12. The predicted octanol–water partition coefficient (Wildman–Crippen LogP) is 3.20. The first-order valence-corrected chi connectivity index (χ1v) is 7.87. The Morgan fingerprint density at radius 2 is 1.62 bits per heavy atom. The Morgan fingerprint density at radius 1 is 1.00 bits per heavy atom. The highest BCUT2D eigenvalue weighted by atomic mass is 16.2. The number of amides is 3. The topological polar surface area (TPSA) is 61.4 Å². The van der Waals surface area contributed by atoms with Gasteiger partial charge in [0.2, 0.25) is 5.91 Å². The van der Waals surface area contributed by atoms with E-state index in [1.165, 1.54) is 0 Å². The molecule has 0 aliphatic carbocycles. The summed E-state index contributed by atoms with van der Waals surface area (Å²) in [5.41, 5.74) is 2.65. The summed E-state index contributed by atoms with van der Waals surface area (Å²) in [5, 5.41) is 5.70. The molecule has 5 heteroatoms. The van der Waals surface area contributed by atoms with E-state index in [4.69, 9.17) is 0 Å². The van der Waals surface area contributed by atoms with E-state index in [-0.39, 0.29) is 18.0 Å². The maximum Gasteiger partial charge on any atom is 0.319 e. The molecular formula is C19H23N3O2. The van der Waals surface area contributed by atoms with Crippen molar-refractivity contribution in [1.29, 1.82) is 0 Å². The molecule has 0 aromatic heterocycles. The van der Waals surface area contributed by atoms with Crippen LogP contribution in [0.15, 0.2) is 54.6 Å². The van der Waals surface area contributed by atoms with E-state index >= 15 is 0 Å². The van der Waals surface area contributed by atoms with Crippen LogP contribution in [0.1, 0.15) is 24.1 Å². The van der Waals surface area contributed by atoms with Gasteiger partial charge < -0.3 is 15.5 Å². The van der Waals surface area contributed by atoms with Gasteiger partial charge in [-0.05, 0) is 30.2 Å². The SMILES string of the molecule is CC(NC(=O)Nc1ccc(CC(=O)N(C)C)cc1)c1ccccc1. The Hall–Kier alpha value is -2.82. The molecule has 1 atom stereocenters. The van der Waals surface area contributed by atoms with Crippen molar-refractivity contribution in [2.24, 2.45) is 0 Å². The molecule has 1 unspecified atom stereocenters. The number of carbonyl (C=O) groups is 2. The van der Waals surface area contributed by atoms with Crippen LogP contribution >= 0.6 is 0 Å². The average molecular weight is 325 g/mol. The molecule has 0 radical (unpaired) electrons. The molecule has 0 saturated heterocycles. The summed E-state index contributed by atoms with van der Waals surface area (Å²) in [6.07, 6.45) is 0.352. The highest BCUT2D eigenvalue weighted by molar-refractivity contribution is 5.89. The van der Waals surface area contributed by atoms with Crippen LogP contribution in [0.25, 0.3) is 0 Å². The summed E-state index contributed by atoms with van der Waals surface area (Å²) < 4.78 is 0. The minimum Gasteiger partial charge on any atom is -0.349 e. The van der Waals surface area contributed by atoms with E-state index in [0.29, 0.717) is 12.1 Å². The molecule has 0 spiro atoms. The molecule has 2 N–H and O–H groups in total. The number of nitrogens with zero attached hydrogens (tertiary/aromatic N) is 1. The zero-order valence-corrected chi connectivity index (χ0v) is 14.2. The van der Waals surface area contributed by atoms with Gasteiger partial charge in [-0.3, -0.25) is 4.79 Å². The van der Waals surface area contributed by atoms with Crippen LogP contribution in [0.3, 0.4) is 0 Å². The Balaban J connectivity index is 1.89. The van der Waals surface area contributed by atoms with Crippen LogP contribution in [-0.4, -0.2) is 30.9 Å². The fourth-order valence-corrected chi connectivity index (χ4v) is 2.23. The summed E-state index contributed by atoms with van der Waals surface area (Å²) in [7, 11) is 3.47. The molecule has 0 saturated carbocycles. The lowest BCUT2D eigenvalue weighted by atomic mass is 10.1. The highest BCUT2D eigenvalue weighted by Crippen LogP contribution is 2.13. The molecule has 0 bridgehead atoms. The maximum absolute atomic E-state index is 12.1. The number of likely N-dealkylation sites (N-methyl/N-ethyl adjacent to an activating group) is 1. The van der Waals surface area contributed by atoms with Crippen molar-refractivity contribution in [2.45, 2.75) is 19.4 Å². The van der Waals surface area contributed by atoms with E-state index in [9.17, 15) is 9.59 Å². The molecule has 0 aliphatic heterocycles. The number of urea groups is 1. The summed E-state index contributed by atoms with van der Waals surface area (Å²) in [6, 6.07) is 16.7. The van der Waals surface area contributed by atoms with Crippen molar-refractivity contribution >= 4 is 17.6 Å². The number of benzene rings is 2. The van der Waals surface area contributed by atoms with Crippen molar-refractivity contribution < 1.29 is 9.59 Å². The normalized spacial score (nSPS) is 11.5. The minimum absolute atomic E-state index is 0.0464. The smallest absolute Gasteiger partial charge is 0.319 e. The van der Waals surface area contributed by atoms with Gasteiger partial charge in [-0.1, -0.05) is 42.5 Å². The van der Waals surface area contributed by atoms with Gasteiger partial charge in [-0.2, -0.15) is 0 Å². The van der Waals surface area contributed by atoms with E-state index in [1.807, 2.05) is 49.4 Å². The standard InChI is InChI=1S/C19H23N3O2/c1-14(16-7-5-4-6-8-16)20-19(24)21-17-11-9-15(10-12-17)13-18(23)22(2)3/h4-12,14H,13H2,1-3H3,(H2,20,21,24). The van der Waals surface area contributed by atoms with E-state index in [2.05, 4.69) is 10.6 Å². The molecule has 5 nitrogen and oxygen atoms in total. The Bertz CT molecular complexity index is 682. The largest absolute Gasteiger partial charge is 0.349 e. The zero-order valence-electron chi connectivity index (χ0n) is 14.2. The van der Waals surface area contributed by atoms with Crippen LogP contribution in [0.5, 0.6) is 0 Å². The van der Waals surface area contributed by atoms with Crippen molar-refractivity contribution in [3.05, 3.63) is 65.7 Å². The molecule has 2 aromatic carbocycles. The van der Waals surface area contributed by atoms with Gasteiger partial charge >= 0.3 is 6.03 Å². The third-order valence-corrected chi connectivity index (χ3v) is 3.71. The van der Waals surface area contributed by atoms with Gasteiger partial charge in [0.1, 0.15) is 0 Å². The highest BCUT2D eigenvalue weighted by Gasteiger charge is 2.10. The number of hydrogen-bond donors (Lipinski definition) is 2. The fourth-order valence-electron chi connectivity index (χ4n) is 2.23. The van der Waals surface area contributed by atoms with E-state index in [1.54, 1.807) is 31.1 Å². The van der Waals surface area contributed by atoms with Crippen LogP contribution in [0.4, 0.5) is 10.5 Å². The van der Waals surface area contributed by atoms with Gasteiger partial charge in [0.05, 0.1) is 12.5 Å². The second-order valence-corrected chi connectivity index (χ2v) is 5.89. The number of hydrogen-bond acceptors (Lipinski definition) is 2. The quantitative estimate of drug-likeness (QED) is 0.887. The first-order valence-electron chi connectivity index (χ1n) is 7.87. The Labute approximate surface area is 142 Å². The second-order valence-electron chi connectivity index (χ2n) is 5.89. The second kappa shape index (κ2) is 8.15. The molecule has 0 heterocycles. The summed E-state index contributed by atoms with van der Waals surface area (Å²) in [5.74, 6) is 0.0464. The van der Waals surface area contributed by atoms with Crippen LogP contribution < -0.4 is 10.6 Å². The lowest BCUT2D eigenvalue weighted by molar-refractivity contribution is -0.127. The molecule has 24 heavy (non-hydrogen) atoms. The van der Waals surface area contributed by atoms with Gasteiger partial charge in [0.25, 0.3) is 0 Å². The molecule has 2 rings (SSSR count). The molecule has 2 aromatic rings. The van der Waals surface area contributed by atoms with Crippen LogP contribution in [0.2, 0.25) is 0 Å². The molecule has 3 amide bonds. The van der Waals surface area contributed by atoms with Gasteiger partial charge in [0, 0.05) is 19.8 Å². The minimum atomic E-state index is -0.261. The van der Waals surface area contributed by atoms with Crippen molar-refractivity contribution in [3.8, 4) is 0 Å². The van der Waals surface area contributed by atoms with Crippen molar-refractivity contribution in [3.63, 3.8) is 0 Å². The van der Waals surface area contributed by atoms with Crippen molar-refractivity contribution in [2.75, 3.05) is 19.4 Å². The molecule has 0 aliphatic rings.